The molecule has 3 rings (SSSR count). The average molecular weight is 436 g/mol. The summed E-state index contributed by atoms with van der Waals surface area (Å²) in [5.74, 6) is 0.220. The van der Waals surface area contributed by atoms with E-state index < -0.39 is 9.84 Å². The van der Waals surface area contributed by atoms with Gasteiger partial charge >= 0.3 is 0 Å². The number of carbonyl (C=O) groups excluding carboxylic acids is 1. The summed E-state index contributed by atoms with van der Waals surface area (Å²) >= 11 is 1.40. The van der Waals surface area contributed by atoms with E-state index in [4.69, 9.17) is 0 Å². The van der Waals surface area contributed by atoms with Gasteiger partial charge in [0.1, 0.15) is 0 Å². The maximum absolute atomic E-state index is 12.6. The lowest BCUT2D eigenvalue weighted by Gasteiger charge is -2.27. The van der Waals surface area contributed by atoms with Crippen LogP contribution in [0.5, 0.6) is 0 Å². The zero-order valence-electron chi connectivity index (χ0n) is 17.3. The second-order valence-electron chi connectivity index (χ2n) is 7.77. The summed E-state index contributed by atoms with van der Waals surface area (Å²) in [6, 6.07) is 6.14. The van der Waals surface area contributed by atoms with E-state index in [1.54, 1.807) is 0 Å². The quantitative estimate of drug-likeness (QED) is 0.685. The van der Waals surface area contributed by atoms with E-state index in [-0.39, 0.29) is 30.0 Å². The van der Waals surface area contributed by atoms with E-state index in [9.17, 15) is 13.2 Å². The number of aryl methyl sites for hydroxylation is 2. The summed E-state index contributed by atoms with van der Waals surface area (Å²) in [7, 11) is -2.98. The van der Waals surface area contributed by atoms with Gasteiger partial charge in [-0.3, -0.25) is 9.69 Å². The van der Waals surface area contributed by atoms with Crippen molar-refractivity contribution in [3.63, 3.8) is 0 Å². The lowest BCUT2D eigenvalue weighted by Crippen LogP contribution is -2.42. The van der Waals surface area contributed by atoms with Gasteiger partial charge in [-0.1, -0.05) is 25.5 Å². The Hall–Kier alpha value is -1.77. The van der Waals surface area contributed by atoms with Gasteiger partial charge in [0, 0.05) is 17.0 Å². The van der Waals surface area contributed by atoms with Gasteiger partial charge in [0.15, 0.2) is 15.0 Å². The molecule has 158 valence electrons. The number of benzene rings is 1. The van der Waals surface area contributed by atoms with Crippen LogP contribution in [0.15, 0.2) is 23.6 Å². The number of carbonyl (C=O) groups is 1. The molecule has 1 aromatic heterocycles. The maximum atomic E-state index is 12.6. The number of hydrogen-bond donors (Lipinski definition) is 1. The number of rotatable bonds is 8. The van der Waals surface area contributed by atoms with Gasteiger partial charge in [0.25, 0.3) is 0 Å². The van der Waals surface area contributed by atoms with Gasteiger partial charge in [0.2, 0.25) is 5.91 Å². The van der Waals surface area contributed by atoms with Crippen LogP contribution in [0.25, 0.3) is 11.3 Å². The Bertz CT molecular complexity index is 969. The molecule has 1 saturated heterocycles. The predicted octanol–water partition coefficient (Wildman–Crippen LogP) is 3.65. The Morgan fingerprint density at radius 3 is 2.76 bits per heavy atom. The summed E-state index contributed by atoms with van der Waals surface area (Å²) < 4.78 is 23.7. The smallest absolute Gasteiger partial charge is 0.240 e. The first kappa shape index (κ1) is 21.9. The summed E-state index contributed by atoms with van der Waals surface area (Å²) in [6.07, 6.45) is 2.55. The Kier molecular flexibility index (Phi) is 7.08. The lowest BCUT2D eigenvalue weighted by atomic mass is 10.1. The zero-order chi connectivity index (χ0) is 21.0. The first-order chi connectivity index (χ1) is 13.8. The Balaban J connectivity index is 1.64. The monoisotopic (exact) mass is 435 g/mol. The van der Waals surface area contributed by atoms with E-state index in [2.05, 4.69) is 43.2 Å². The fraction of sp³-hybridized carbons (Fsp3) is 0.524. The minimum atomic E-state index is -2.98. The summed E-state index contributed by atoms with van der Waals surface area (Å²) in [4.78, 5) is 19.2. The number of amides is 1. The summed E-state index contributed by atoms with van der Waals surface area (Å²) in [5, 5.41) is 5.40. The highest BCUT2D eigenvalue weighted by atomic mass is 32.2. The highest BCUT2D eigenvalue weighted by Gasteiger charge is 2.32. The molecular formula is C21H29N3O3S2. The Morgan fingerprint density at radius 2 is 2.10 bits per heavy atom. The molecule has 1 fully saturated rings. The molecule has 0 bridgehead atoms. The molecule has 0 radical (unpaired) electrons. The molecule has 1 aromatic carbocycles. The molecular weight excluding hydrogens is 406 g/mol. The van der Waals surface area contributed by atoms with Crippen LogP contribution in [-0.4, -0.2) is 54.8 Å². The number of thiazole rings is 1. The van der Waals surface area contributed by atoms with Crippen molar-refractivity contribution in [2.24, 2.45) is 0 Å². The highest BCUT2D eigenvalue weighted by Crippen LogP contribution is 2.26. The molecule has 1 unspecified atom stereocenters. The Morgan fingerprint density at radius 1 is 1.31 bits per heavy atom. The normalized spacial score (nSPS) is 18.3. The van der Waals surface area contributed by atoms with Crippen molar-refractivity contribution < 1.29 is 13.2 Å². The first-order valence-corrected chi connectivity index (χ1v) is 12.7. The van der Waals surface area contributed by atoms with Crippen molar-refractivity contribution in [2.75, 3.05) is 29.9 Å². The average Bonchev–Trinajstić information content (AvgIpc) is 3.27. The van der Waals surface area contributed by atoms with E-state index >= 15 is 0 Å². The van der Waals surface area contributed by atoms with Gasteiger partial charge in [-0.15, -0.1) is 11.3 Å². The molecule has 1 atom stereocenters. The van der Waals surface area contributed by atoms with Gasteiger partial charge in [-0.2, -0.15) is 0 Å². The molecule has 1 N–H and O–H groups in total. The highest BCUT2D eigenvalue weighted by molar-refractivity contribution is 7.91. The zero-order valence-corrected chi connectivity index (χ0v) is 18.9. The number of aromatic nitrogens is 1. The van der Waals surface area contributed by atoms with Crippen LogP contribution in [0.2, 0.25) is 0 Å². The third-order valence-corrected chi connectivity index (χ3v) is 7.93. The van der Waals surface area contributed by atoms with Crippen LogP contribution >= 0.6 is 11.3 Å². The number of unbranched alkanes of at least 4 members (excludes halogenated alkanes) is 1. The molecule has 8 heteroatoms. The third kappa shape index (κ3) is 5.87. The van der Waals surface area contributed by atoms with E-state index in [0.717, 1.165) is 30.6 Å². The number of anilines is 1. The molecule has 1 aliphatic rings. The topological polar surface area (TPSA) is 79.4 Å². The van der Waals surface area contributed by atoms with Gasteiger partial charge in [0.05, 0.1) is 23.7 Å². The molecule has 0 saturated carbocycles. The summed E-state index contributed by atoms with van der Waals surface area (Å²) in [5.41, 5.74) is 4.32. The summed E-state index contributed by atoms with van der Waals surface area (Å²) in [6.45, 7) is 7.16. The predicted molar refractivity (Wildman–Crippen MR) is 119 cm³/mol. The molecule has 1 aliphatic heterocycles. The van der Waals surface area contributed by atoms with E-state index in [1.807, 2.05) is 16.3 Å². The van der Waals surface area contributed by atoms with Crippen LogP contribution in [-0.2, 0) is 14.6 Å². The van der Waals surface area contributed by atoms with Gasteiger partial charge < -0.3 is 5.32 Å². The number of nitrogens with one attached hydrogen (secondary N) is 1. The molecule has 1 amide bonds. The van der Waals surface area contributed by atoms with Crippen molar-refractivity contribution >= 4 is 32.2 Å². The molecule has 0 aliphatic carbocycles. The van der Waals surface area contributed by atoms with Crippen LogP contribution in [0, 0.1) is 13.8 Å². The van der Waals surface area contributed by atoms with E-state index in [1.165, 1.54) is 22.5 Å². The SMILES string of the molecule is CCCCN(CC(=O)Nc1nc(-c2ccc(C)c(C)c2)cs1)C1CCS(=O)(=O)C1. The van der Waals surface area contributed by atoms with Crippen molar-refractivity contribution in [3.05, 3.63) is 34.7 Å². The minimum absolute atomic E-state index is 0.0697. The second kappa shape index (κ2) is 9.36. The van der Waals surface area contributed by atoms with Gasteiger partial charge in [-0.05, 0) is 50.4 Å². The fourth-order valence-electron chi connectivity index (χ4n) is 3.52. The van der Waals surface area contributed by atoms with Crippen LogP contribution < -0.4 is 5.32 Å². The lowest BCUT2D eigenvalue weighted by molar-refractivity contribution is -0.117. The first-order valence-electron chi connectivity index (χ1n) is 10.0. The largest absolute Gasteiger partial charge is 0.301 e. The second-order valence-corrected chi connectivity index (χ2v) is 10.9. The molecule has 6 nitrogen and oxygen atoms in total. The number of nitrogens with zero attached hydrogens (tertiary/aromatic N) is 2. The van der Waals surface area contributed by atoms with Crippen LogP contribution in [0.1, 0.15) is 37.3 Å². The molecule has 29 heavy (non-hydrogen) atoms. The number of hydrogen-bond acceptors (Lipinski definition) is 6. The van der Waals surface area contributed by atoms with Crippen molar-refractivity contribution in [1.82, 2.24) is 9.88 Å². The van der Waals surface area contributed by atoms with Gasteiger partial charge in [-0.25, -0.2) is 13.4 Å². The minimum Gasteiger partial charge on any atom is -0.301 e. The Labute approximate surface area is 177 Å². The van der Waals surface area contributed by atoms with Crippen molar-refractivity contribution in [1.29, 1.82) is 0 Å². The standard InChI is InChI=1S/C21H29N3O3S2/c1-4-5-9-24(18-8-10-29(26,27)14-18)12-20(25)23-21-22-19(13-28-21)17-7-6-15(2)16(3)11-17/h6-7,11,13,18H,4-5,8-10,12,14H2,1-3H3,(H,22,23,25). The van der Waals surface area contributed by atoms with Crippen LogP contribution in [0.4, 0.5) is 5.13 Å². The van der Waals surface area contributed by atoms with Crippen LogP contribution in [0.3, 0.4) is 0 Å². The molecule has 2 heterocycles. The van der Waals surface area contributed by atoms with Crippen molar-refractivity contribution in [2.45, 2.75) is 46.1 Å². The molecule has 0 spiro atoms. The number of sulfone groups is 1. The van der Waals surface area contributed by atoms with E-state index in [0.29, 0.717) is 11.6 Å². The third-order valence-electron chi connectivity index (χ3n) is 5.42. The van der Waals surface area contributed by atoms with Crippen molar-refractivity contribution in [3.8, 4) is 11.3 Å². The fourth-order valence-corrected chi connectivity index (χ4v) is 6.02. The molecule has 2 aromatic rings. The maximum Gasteiger partial charge on any atom is 0.240 e.